The van der Waals surface area contributed by atoms with E-state index in [9.17, 15) is 9.59 Å². The molecule has 2 aliphatic heterocycles. The van der Waals surface area contributed by atoms with Crippen molar-refractivity contribution < 1.29 is 19.1 Å². The van der Waals surface area contributed by atoms with Crippen molar-refractivity contribution >= 4 is 17.7 Å². The van der Waals surface area contributed by atoms with Crippen LogP contribution in [0.25, 0.3) is 0 Å². The highest BCUT2D eigenvalue weighted by molar-refractivity contribution is 5.89. The van der Waals surface area contributed by atoms with Crippen LogP contribution in [0, 0.1) is 0 Å². The van der Waals surface area contributed by atoms with Gasteiger partial charge in [-0.2, -0.15) is 0 Å². The van der Waals surface area contributed by atoms with Gasteiger partial charge in [-0.3, -0.25) is 9.69 Å². The summed E-state index contributed by atoms with van der Waals surface area (Å²) < 4.78 is 10.5. The van der Waals surface area contributed by atoms with Crippen molar-refractivity contribution in [3.63, 3.8) is 0 Å². The van der Waals surface area contributed by atoms with E-state index in [0.717, 1.165) is 18.7 Å². The van der Waals surface area contributed by atoms with Gasteiger partial charge in [-0.25, -0.2) is 4.79 Å². The molecule has 0 aromatic heterocycles. The molecule has 0 saturated carbocycles. The van der Waals surface area contributed by atoms with E-state index in [1.807, 2.05) is 30.3 Å². The van der Waals surface area contributed by atoms with Gasteiger partial charge in [0.2, 0.25) is 5.91 Å². The summed E-state index contributed by atoms with van der Waals surface area (Å²) in [6.07, 6.45) is 4.06. The van der Waals surface area contributed by atoms with Crippen LogP contribution < -0.4 is 10.2 Å². The molecular formula is C17H20N2O4. The van der Waals surface area contributed by atoms with Crippen LogP contribution in [-0.4, -0.2) is 37.8 Å². The van der Waals surface area contributed by atoms with Crippen LogP contribution in [0.4, 0.5) is 10.5 Å². The van der Waals surface area contributed by atoms with Crippen LogP contribution >= 0.6 is 0 Å². The van der Waals surface area contributed by atoms with E-state index < -0.39 is 0 Å². The molecule has 1 saturated heterocycles. The number of ether oxygens (including phenoxy) is 2. The Balaban J connectivity index is 1.65. The number of hydrogen-bond donors (Lipinski definition) is 1. The molecule has 6 nitrogen and oxygen atoms in total. The first-order valence-corrected chi connectivity index (χ1v) is 7.74. The van der Waals surface area contributed by atoms with Crippen LogP contribution in [0.3, 0.4) is 0 Å². The lowest BCUT2D eigenvalue weighted by Gasteiger charge is -2.19. The van der Waals surface area contributed by atoms with Gasteiger partial charge in [0.15, 0.2) is 0 Å². The average molecular weight is 316 g/mol. The molecule has 0 radical (unpaired) electrons. The fourth-order valence-corrected chi connectivity index (χ4v) is 2.79. The molecule has 2 aliphatic rings. The number of carbonyl (C=O) groups is 2. The summed E-state index contributed by atoms with van der Waals surface area (Å²) in [5, 5.41) is 2.67. The Bertz CT molecular complexity index is 612. The standard InChI is InChI=1S/C17H20N2O4/c1-12(20)18-10-16-11-19(17(21)23-16)15-4-2-13(3-5-15)14-6-8-22-9-7-14/h2-6,8,14,16H,7,9-11H2,1H3,(H,18,20)/t14?,16-/m0/s1. The average Bonchev–Trinajstić information content (AvgIpc) is 2.95. The van der Waals surface area contributed by atoms with Crippen LogP contribution in [-0.2, 0) is 14.3 Å². The van der Waals surface area contributed by atoms with Crippen LogP contribution in [0.2, 0.25) is 0 Å². The van der Waals surface area contributed by atoms with Gasteiger partial charge in [-0.1, -0.05) is 12.1 Å². The fourth-order valence-electron chi connectivity index (χ4n) is 2.79. The lowest BCUT2D eigenvalue weighted by molar-refractivity contribution is -0.119. The summed E-state index contributed by atoms with van der Waals surface area (Å²) in [4.78, 5) is 24.5. The zero-order valence-corrected chi connectivity index (χ0v) is 13.0. The largest absolute Gasteiger partial charge is 0.501 e. The zero-order valence-electron chi connectivity index (χ0n) is 13.0. The summed E-state index contributed by atoms with van der Waals surface area (Å²) >= 11 is 0. The van der Waals surface area contributed by atoms with Crippen LogP contribution in [0.5, 0.6) is 0 Å². The second kappa shape index (κ2) is 6.73. The minimum atomic E-state index is -0.376. The molecule has 0 spiro atoms. The maximum atomic E-state index is 12.0. The first kappa shape index (κ1) is 15.4. The Morgan fingerprint density at radius 3 is 2.78 bits per heavy atom. The van der Waals surface area contributed by atoms with Gasteiger partial charge in [0, 0.05) is 18.5 Å². The van der Waals surface area contributed by atoms with Gasteiger partial charge < -0.3 is 14.8 Å². The Morgan fingerprint density at radius 2 is 2.13 bits per heavy atom. The molecule has 1 fully saturated rings. The fraction of sp³-hybridized carbons (Fsp3) is 0.412. The predicted molar refractivity (Wildman–Crippen MR) is 85.2 cm³/mol. The Labute approximate surface area is 135 Å². The van der Waals surface area contributed by atoms with E-state index in [1.165, 1.54) is 12.5 Å². The number of anilines is 1. The van der Waals surface area contributed by atoms with Gasteiger partial charge >= 0.3 is 6.09 Å². The number of benzene rings is 1. The summed E-state index contributed by atoms with van der Waals surface area (Å²) in [5.74, 6) is 0.226. The minimum Gasteiger partial charge on any atom is -0.501 e. The first-order chi connectivity index (χ1) is 11.1. The van der Waals surface area contributed by atoms with Gasteiger partial charge in [0.1, 0.15) is 6.10 Å². The summed E-state index contributed by atoms with van der Waals surface area (Å²) in [6.45, 7) is 2.95. The second-order valence-corrected chi connectivity index (χ2v) is 5.74. The molecule has 2 heterocycles. The van der Waals surface area contributed by atoms with Gasteiger partial charge in [-0.05, 0) is 30.2 Å². The van der Waals surface area contributed by atoms with E-state index in [0.29, 0.717) is 19.0 Å². The smallest absolute Gasteiger partial charge is 0.414 e. The molecule has 122 valence electrons. The maximum Gasteiger partial charge on any atom is 0.414 e. The molecule has 0 aliphatic carbocycles. The third-order valence-electron chi connectivity index (χ3n) is 4.04. The number of hydrogen-bond acceptors (Lipinski definition) is 4. The molecule has 1 unspecified atom stereocenters. The number of nitrogens with zero attached hydrogens (tertiary/aromatic N) is 1. The molecule has 3 rings (SSSR count). The Hall–Kier alpha value is -2.50. The molecule has 1 aromatic rings. The number of carbonyl (C=O) groups excluding carboxylic acids is 2. The van der Waals surface area contributed by atoms with E-state index >= 15 is 0 Å². The van der Waals surface area contributed by atoms with E-state index in [1.54, 1.807) is 11.2 Å². The van der Waals surface area contributed by atoms with Crippen molar-refractivity contribution in [1.82, 2.24) is 5.32 Å². The second-order valence-electron chi connectivity index (χ2n) is 5.74. The maximum absolute atomic E-state index is 12.0. The SMILES string of the molecule is CC(=O)NC[C@H]1CN(c2ccc(C3C=COCC3)cc2)C(=O)O1. The zero-order chi connectivity index (χ0) is 16.2. The van der Waals surface area contributed by atoms with Crippen molar-refractivity contribution in [1.29, 1.82) is 0 Å². The lowest BCUT2D eigenvalue weighted by atomic mass is 9.95. The molecule has 23 heavy (non-hydrogen) atoms. The molecule has 1 N–H and O–H groups in total. The monoisotopic (exact) mass is 316 g/mol. The molecule has 0 bridgehead atoms. The minimum absolute atomic E-state index is 0.131. The van der Waals surface area contributed by atoms with E-state index in [-0.39, 0.29) is 18.1 Å². The highest BCUT2D eigenvalue weighted by atomic mass is 16.6. The van der Waals surface area contributed by atoms with Gasteiger partial charge in [-0.15, -0.1) is 0 Å². The van der Waals surface area contributed by atoms with Crippen molar-refractivity contribution in [2.75, 3.05) is 24.6 Å². The van der Waals surface area contributed by atoms with E-state index in [2.05, 4.69) is 5.32 Å². The normalized spacial score (nSPS) is 23.3. The summed E-state index contributed by atoms with van der Waals surface area (Å²) in [6, 6.07) is 7.93. The lowest BCUT2D eigenvalue weighted by Crippen LogP contribution is -2.33. The van der Waals surface area contributed by atoms with Crippen molar-refractivity contribution in [2.24, 2.45) is 0 Å². The topological polar surface area (TPSA) is 67.9 Å². The summed E-state index contributed by atoms with van der Waals surface area (Å²) in [5.41, 5.74) is 2.01. The molecule has 1 aromatic carbocycles. The highest BCUT2D eigenvalue weighted by Gasteiger charge is 2.32. The quantitative estimate of drug-likeness (QED) is 0.924. The molecular weight excluding hydrogens is 296 g/mol. The number of allylic oxidation sites excluding steroid dienone is 1. The molecule has 2 amide bonds. The summed E-state index contributed by atoms with van der Waals surface area (Å²) in [7, 11) is 0. The number of amides is 2. The molecule has 2 atom stereocenters. The van der Waals surface area contributed by atoms with Gasteiger partial charge in [0.05, 0.1) is 26.0 Å². The van der Waals surface area contributed by atoms with Crippen LogP contribution in [0.1, 0.15) is 24.8 Å². The Kier molecular flexibility index (Phi) is 4.50. The number of rotatable bonds is 4. The van der Waals surface area contributed by atoms with Crippen molar-refractivity contribution in [3.05, 3.63) is 42.2 Å². The van der Waals surface area contributed by atoms with Crippen molar-refractivity contribution in [2.45, 2.75) is 25.4 Å². The first-order valence-electron chi connectivity index (χ1n) is 7.74. The number of cyclic esters (lactones) is 1. The Morgan fingerprint density at radius 1 is 1.35 bits per heavy atom. The molecule has 6 heteroatoms. The third kappa shape index (κ3) is 3.64. The van der Waals surface area contributed by atoms with E-state index in [4.69, 9.17) is 9.47 Å². The van der Waals surface area contributed by atoms with Gasteiger partial charge in [0.25, 0.3) is 0 Å². The predicted octanol–water partition coefficient (Wildman–Crippen LogP) is 2.17. The van der Waals surface area contributed by atoms with Crippen molar-refractivity contribution in [3.8, 4) is 0 Å². The number of nitrogens with one attached hydrogen (secondary N) is 1. The third-order valence-corrected chi connectivity index (χ3v) is 4.04. The van der Waals surface area contributed by atoms with Crippen LogP contribution in [0.15, 0.2) is 36.6 Å². The highest BCUT2D eigenvalue weighted by Crippen LogP contribution is 2.28.